The predicted octanol–water partition coefficient (Wildman–Crippen LogP) is 2.26. The molecule has 1 aromatic carbocycles. The van der Waals surface area contributed by atoms with Crippen molar-refractivity contribution < 1.29 is 4.79 Å². The number of amides is 1. The fraction of sp³-hybridized carbons (Fsp3) is 0.562. The first-order chi connectivity index (χ1) is 8.75. The summed E-state index contributed by atoms with van der Waals surface area (Å²) in [5.41, 5.74) is 10.4. The Morgan fingerprint density at radius 1 is 1.16 bits per heavy atom. The summed E-state index contributed by atoms with van der Waals surface area (Å²) in [7, 11) is 0. The van der Waals surface area contributed by atoms with Crippen LogP contribution in [-0.4, -0.2) is 19.0 Å². The summed E-state index contributed by atoms with van der Waals surface area (Å²) >= 11 is 0. The summed E-state index contributed by atoms with van der Waals surface area (Å²) in [5, 5.41) is 2.96. The second-order valence-corrected chi connectivity index (χ2v) is 6.18. The average molecular weight is 262 g/mol. The summed E-state index contributed by atoms with van der Waals surface area (Å²) in [5.74, 6) is 0.0629. The van der Waals surface area contributed by atoms with Crippen LogP contribution in [-0.2, 0) is 11.2 Å². The van der Waals surface area contributed by atoms with E-state index in [0.29, 0.717) is 19.5 Å². The van der Waals surface area contributed by atoms with Crippen molar-refractivity contribution in [1.29, 1.82) is 0 Å². The van der Waals surface area contributed by atoms with Gasteiger partial charge in [0.2, 0.25) is 5.91 Å². The maximum Gasteiger partial charge on any atom is 0.224 e. The van der Waals surface area contributed by atoms with Crippen LogP contribution >= 0.6 is 0 Å². The van der Waals surface area contributed by atoms with E-state index in [1.165, 1.54) is 16.7 Å². The van der Waals surface area contributed by atoms with Gasteiger partial charge in [-0.15, -0.1) is 0 Å². The van der Waals surface area contributed by atoms with Gasteiger partial charge in [0.05, 0.1) is 6.42 Å². The van der Waals surface area contributed by atoms with Crippen molar-refractivity contribution in [2.75, 3.05) is 13.1 Å². The summed E-state index contributed by atoms with van der Waals surface area (Å²) in [6, 6.07) is 4.25. The minimum absolute atomic E-state index is 0.0477. The van der Waals surface area contributed by atoms with E-state index in [-0.39, 0.29) is 11.3 Å². The molecule has 0 aromatic heterocycles. The molecule has 1 aromatic rings. The Bertz CT molecular complexity index is 464. The van der Waals surface area contributed by atoms with Gasteiger partial charge in [0, 0.05) is 6.54 Å². The topological polar surface area (TPSA) is 55.1 Å². The molecule has 3 nitrogen and oxygen atoms in total. The second kappa shape index (κ2) is 6.20. The number of benzene rings is 1. The van der Waals surface area contributed by atoms with E-state index in [9.17, 15) is 4.79 Å². The normalized spacial score (nSPS) is 11.5. The lowest BCUT2D eigenvalue weighted by atomic mass is 9.93. The number of rotatable bonds is 5. The molecule has 0 saturated heterocycles. The number of hydrogen-bond donors (Lipinski definition) is 2. The third kappa shape index (κ3) is 4.67. The summed E-state index contributed by atoms with van der Waals surface area (Å²) < 4.78 is 0. The summed E-state index contributed by atoms with van der Waals surface area (Å²) in [6.07, 6.45) is 0.438. The minimum Gasteiger partial charge on any atom is -0.355 e. The molecule has 0 aliphatic carbocycles. The van der Waals surface area contributed by atoms with Gasteiger partial charge in [0.25, 0.3) is 0 Å². The molecule has 0 aliphatic heterocycles. The molecule has 19 heavy (non-hydrogen) atoms. The molecule has 0 saturated carbocycles. The van der Waals surface area contributed by atoms with Gasteiger partial charge in [-0.3, -0.25) is 4.79 Å². The summed E-state index contributed by atoms with van der Waals surface area (Å²) in [4.78, 5) is 12.0. The lowest BCUT2D eigenvalue weighted by Crippen LogP contribution is -2.39. The molecule has 0 heterocycles. The smallest absolute Gasteiger partial charge is 0.224 e. The van der Waals surface area contributed by atoms with Crippen molar-refractivity contribution in [2.45, 2.75) is 41.0 Å². The highest BCUT2D eigenvalue weighted by atomic mass is 16.1. The number of aryl methyl sites for hydroxylation is 3. The van der Waals surface area contributed by atoms with Gasteiger partial charge < -0.3 is 11.1 Å². The van der Waals surface area contributed by atoms with E-state index < -0.39 is 0 Å². The highest BCUT2D eigenvalue weighted by molar-refractivity contribution is 5.79. The molecule has 0 unspecified atom stereocenters. The van der Waals surface area contributed by atoms with Crippen LogP contribution in [0.3, 0.4) is 0 Å². The zero-order valence-corrected chi connectivity index (χ0v) is 12.8. The first-order valence-electron chi connectivity index (χ1n) is 6.78. The van der Waals surface area contributed by atoms with Crippen molar-refractivity contribution in [3.63, 3.8) is 0 Å². The molecular weight excluding hydrogens is 236 g/mol. The molecule has 1 rings (SSSR count). The lowest BCUT2D eigenvalue weighted by Gasteiger charge is -2.22. The maximum absolute atomic E-state index is 12.0. The van der Waals surface area contributed by atoms with E-state index in [1.807, 2.05) is 0 Å². The Labute approximate surface area is 116 Å². The van der Waals surface area contributed by atoms with Crippen LogP contribution in [0.4, 0.5) is 0 Å². The van der Waals surface area contributed by atoms with Crippen LogP contribution in [0.15, 0.2) is 12.1 Å². The predicted molar refractivity (Wildman–Crippen MR) is 80.2 cm³/mol. The van der Waals surface area contributed by atoms with Crippen molar-refractivity contribution in [3.05, 3.63) is 34.4 Å². The maximum atomic E-state index is 12.0. The molecule has 0 bridgehead atoms. The number of nitrogens with one attached hydrogen (secondary N) is 1. The monoisotopic (exact) mass is 262 g/mol. The van der Waals surface area contributed by atoms with Gasteiger partial charge in [-0.1, -0.05) is 26.0 Å². The second-order valence-electron chi connectivity index (χ2n) is 6.18. The third-order valence-electron chi connectivity index (χ3n) is 3.62. The van der Waals surface area contributed by atoms with Crippen LogP contribution in [0.2, 0.25) is 0 Å². The molecule has 0 fully saturated rings. The Morgan fingerprint density at radius 3 is 2.32 bits per heavy atom. The first-order valence-corrected chi connectivity index (χ1v) is 6.78. The van der Waals surface area contributed by atoms with Crippen molar-refractivity contribution in [3.8, 4) is 0 Å². The van der Waals surface area contributed by atoms with Gasteiger partial charge in [0.1, 0.15) is 0 Å². The van der Waals surface area contributed by atoms with Gasteiger partial charge in [-0.2, -0.15) is 0 Å². The Hall–Kier alpha value is -1.35. The van der Waals surface area contributed by atoms with Gasteiger partial charge in [-0.05, 0) is 55.0 Å². The fourth-order valence-corrected chi connectivity index (χ4v) is 1.86. The lowest BCUT2D eigenvalue weighted by molar-refractivity contribution is -0.120. The Morgan fingerprint density at radius 2 is 1.74 bits per heavy atom. The molecule has 0 spiro atoms. The zero-order chi connectivity index (χ0) is 14.6. The first kappa shape index (κ1) is 15.7. The average Bonchev–Trinajstić information content (AvgIpc) is 2.34. The van der Waals surface area contributed by atoms with Crippen LogP contribution in [0.1, 0.15) is 36.1 Å². The van der Waals surface area contributed by atoms with E-state index in [0.717, 1.165) is 5.56 Å². The van der Waals surface area contributed by atoms with Gasteiger partial charge in [0.15, 0.2) is 0 Å². The van der Waals surface area contributed by atoms with Gasteiger partial charge >= 0.3 is 0 Å². The number of carbonyl (C=O) groups excluding carboxylic acids is 1. The largest absolute Gasteiger partial charge is 0.355 e. The van der Waals surface area contributed by atoms with E-state index in [2.05, 4.69) is 52.1 Å². The summed E-state index contributed by atoms with van der Waals surface area (Å²) in [6.45, 7) is 11.5. The number of hydrogen-bond acceptors (Lipinski definition) is 2. The molecule has 3 N–H and O–H groups in total. The third-order valence-corrected chi connectivity index (χ3v) is 3.62. The van der Waals surface area contributed by atoms with Crippen LogP contribution < -0.4 is 11.1 Å². The highest BCUT2D eigenvalue weighted by Crippen LogP contribution is 2.16. The van der Waals surface area contributed by atoms with Crippen molar-refractivity contribution in [1.82, 2.24) is 5.32 Å². The molecule has 3 heteroatoms. The molecule has 1 amide bonds. The molecule has 0 atom stereocenters. The molecular formula is C16H26N2O. The van der Waals surface area contributed by atoms with E-state index in [1.54, 1.807) is 0 Å². The SMILES string of the molecule is Cc1cc(C)c(CC(=O)NCC(C)(C)CN)cc1C. The quantitative estimate of drug-likeness (QED) is 0.855. The van der Waals surface area contributed by atoms with E-state index in [4.69, 9.17) is 5.73 Å². The molecule has 106 valence electrons. The van der Waals surface area contributed by atoms with Gasteiger partial charge in [-0.25, -0.2) is 0 Å². The Balaban J connectivity index is 2.65. The Kier molecular flexibility index (Phi) is 5.12. The number of nitrogens with two attached hydrogens (primary N) is 1. The zero-order valence-electron chi connectivity index (χ0n) is 12.8. The van der Waals surface area contributed by atoms with E-state index >= 15 is 0 Å². The highest BCUT2D eigenvalue weighted by Gasteiger charge is 2.17. The van der Waals surface area contributed by atoms with Crippen LogP contribution in [0, 0.1) is 26.2 Å². The van der Waals surface area contributed by atoms with Crippen LogP contribution in [0.5, 0.6) is 0 Å². The van der Waals surface area contributed by atoms with Crippen LogP contribution in [0.25, 0.3) is 0 Å². The standard InChI is InChI=1S/C16H26N2O/c1-11-6-13(3)14(7-12(11)2)8-15(19)18-10-16(4,5)9-17/h6-7H,8-10,17H2,1-5H3,(H,18,19). The van der Waals surface area contributed by atoms with Crippen molar-refractivity contribution in [2.24, 2.45) is 11.1 Å². The number of carbonyl (C=O) groups is 1. The van der Waals surface area contributed by atoms with Crippen molar-refractivity contribution >= 4 is 5.91 Å². The minimum atomic E-state index is -0.0477. The molecule has 0 radical (unpaired) electrons. The fourth-order valence-electron chi connectivity index (χ4n) is 1.86. The molecule has 0 aliphatic rings.